The van der Waals surface area contributed by atoms with Gasteiger partial charge in [0.05, 0.1) is 11.3 Å². The number of carbonyl (C=O) groups is 2. The lowest BCUT2D eigenvalue weighted by Crippen LogP contribution is -2.19. The van der Waals surface area contributed by atoms with Gasteiger partial charge in [0.15, 0.2) is 0 Å². The van der Waals surface area contributed by atoms with E-state index in [9.17, 15) is 9.59 Å². The van der Waals surface area contributed by atoms with Crippen LogP contribution in [0.25, 0.3) is 11.6 Å². The number of aromatic amines is 1. The number of rotatable bonds is 4. The fraction of sp³-hybridized carbons (Fsp3) is 0.0476. The molecule has 7 heteroatoms. The van der Waals surface area contributed by atoms with E-state index in [4.69, 9.17) is 5.73 Å². The number of carbonyl (C=O) groups excluding carboxylic acids is 2. The molecule has 0 aliphatic carbocycles. The molecule has 7 nitrogen and oxygen atoms in total. The first kappa shape index (κ1) is 17.4. The standard InChI is InChI=1S/C21H19N5O2/c1-12-4-5-15(25-21(22)28)10-18(12)24-14-6-7-16-17(9-13-3-2-8-23-13)20(27)26-19(16)11-14/h2-11,23-24H,1H3,(H,26,27)(H3,22,25,28). The average molecular weight is 373 g/mol. The lowest BCUT2D eigenvalue weighted by Gasteiger charge is -2.13. The molecule has 3 amide bonds. The van der Waals surface area contributed by atoms with E-state index in [1.165, 1.54) is 0 Å². The van der Waals surface area contributed by atoms with Crippen molar-refractivity contribution in [1.82, 2.24) is 4.98 Å². The number of fused-ring (bicyclic) bond motifs is 1. The van der Waals surface area contributed by atoms with E-state index < -0.39 is 6.03 Å². The Labute approximate surface area is 161 Å². The van der Waals surface area contributed by atoms with Crippen molar-refractivity contribution in [2.75, 3.05) is 16.0 Å². The number of nitrogens with one attached hydrogen (secondary N) is 4. The van der Waals surface area contributed by atoms with Crippen LogP contribution in [0.4, 0.5) is 27.5 Å². The van der Waals surface area contributed by atoms with Crippen molar-refractivity contribution in [3.05, 3.63) is 71.5 Å². The van der Waals surface area contributed by atoms with Crippen LogP contribution in [0.5, 0.6) is 0 Å². The van der Waals surface area contributed by atoms with Crippen molar-refractivity contribution in [3.63, 3.8) is 0 Å². The highest BCUT2D eigenvalue weighted by Crippen LogP contribution is 2.36. The van der Waals surface area contributed by atoms with Gasteiger partial charge in [0.2, 0.25) is 0 Å². The summed E-state index contributed by atoms with van der Waals surface area (Å²) in [6.07, 6.45) is 3.65. The molecule has 0 fully saturated rings. The zero-order chi connectivity index (χ0) is 19.7. The normalized spacial score (nSPS) is 13.9. The molecule has 28 heavy (non-hydrogen) atoms. The average Bonchev–Trinajstić information content (AvgIpc) is 3.26. The summed E-state index contributed by atoms with van der Waals surface area (Å²) in [5.74, 6) is -0.134. The number of benzene rings is 2. The fourth-order valence-corrected chi connectivity index (χ4v) is 3.14. The number of nitrogens with two attached hydrogens (primary N) is 1. The van der Waals surface area contributed by atoms with Crippen LogP contribution >= 0.6 is 0 Å². The molecule has 140 valence electrons. The summed E-state index contributed by atoms with van der Waals surface area (Å²) < 4.78 is 0. The zero-order valence-corrected chi connectivity index (χ0v) is 15.2. The van der Waals surface area contributed by atoms with Crippen LogP contribution in [0.15, 0.2) is 54.7 Å². The number of primary amides is 1. The van der Waals surface area contributed by atoms with Gasteiger partial charge in [0, 0.05) is 34.5 Å². The van der Waals surface area contributed by atoms with E-state index in [0.717, 1.165) is 33.9 Å². The molecule has 0 bridgehead atoms. The molecule has 3 aromatic rings. The molecule has 0 radical (unpaired) electrons. The van der Waals surface area contributed by atoms with Crippen LogP contribution in [-0.4, -0.2) is 16.9 Å². The van der Waals surface area contributed by atoms with Crippen LogP contribution in [-0.2, 0) is 4.79 Å². The van der Waals surface area contributed by atoms with E-state index in [-0.39, 0.29) is 5.91 Å². The monoisotopic (exact) mass is 373 g/mol. The second kappa shape index (κ2) is 6.96. The van der Waals surface area contributed by atoms with Crippen molar-refractivity contribution >= 4 is 46.3 Å². The molecule has 1 aliphatic rings. The van der Waals surface area contributed by atoms with Crippen molar-refractivity contribution < 1.29 is 9.59 Å². The first-order chi connectivity index (χ1) is 13.5. The highest BCUT2D eigenvalue weighted by molar-refractivity contribution is 6.35. The van der Waals surface area contributed by atoms with Gasteiger partial charge in [-0.2, -0.15) is 0 Å². The SMILES string of the molecule is Cc1ccc(NC(N)=O)cc1Nc1ccc2c(c1)NC(=O)C2=Cc1ccc[nH]1. The Hall–Kier alpha value is -4.00. The number of anilines is 4. The molecule has 0 saturated carbocycles. The third kappa shape index (κ3) is 3.45. The fourth-order valence-electron chi connectivity index (χ4n) is 3.14. The summed E-state index contributed by atoms with van der Waals surface area (Å²) in [4.78, 5) is 26.5. The Morgan fingerprint density at radius 1 is 1.11 bits per heavy atom. The number of H-pyrrole nitrogens is 1. The Morgan fingerprint density at radius 2 is 1.93 bits per heavy atom. The van der Waals surface area contributed by atoms with E-state index in [1.54, 1.807) is 6.07 Å². The van der Waals surface area contributed by atoms with Crippen molar-refractivity contribution in [1.29, 1.82) is 0 Å². The Kier molecular flexibility index (Phi) is 4.33. The molecule has 0 spiro atoms. The molecule has 1 aliphatic heterocycles. The van der Waals surface area contributed by atoms with Gasteiger partial charge < -0.3 is 26.7 Å². The summed E-state index contributed by atoms with van der Waals surface area (Å²) >= 11 is 0. The number of aryl methyl sites for hydroxylation is 1. The number of aromatic nitrogens is 1. The second-order valence-electron chi connectivity index (χ2n) is 6.54. The van der Waals surface area contributed by atoms with Crippen molar-refractivity contribution in [2.24, 2.45) is 5.73 Å². The van der Waals surface area contributed by atoms with Crippen LogP contribution in [0.3, 0.4) is 0 Å². The molecule has 6 N–H and O–H groups in total. The summed E-state index contributed by atoms with van der Waals surface area (Å²) in [7, 11) is 0. The lowest BCUT2D eigenvalue weighted by atomic mass is 10.1. The summed E-state index contributed by atoms with van der Waals surface area (Å²) in [6.45, 7) is 1.96. The quantitative estimate of drug-likeness (QED) is 0.445. The van der Waals surface area contributed by atoms with Crippen LogP contribution in [0, 0.1) is 6.92 Å². The third-order valence-corrected chi connectivity index (χ3v) is 4.51. The van der Waals surface area contributed by atoms with Gasteiger partial charge in [-0.25, -0.2) is 4.79 Å². The molecule has 2 heterocycles. The Morgan fingerprint density at radius 3 is 2.68 bits per heavy atom. The number of amides is 3. The minimum Gasteiger partial charge on any atom is -0.362 e. The van der Waals surface area contributed by atoms with Gasteiger partial charge in [-0.15, -0.1) is 0 Å². The van der Waals surface area contributed by atoms with Gasteiger partial charge in [-0.1, -0.05) is 12.1 Å². The topological polar surface area (TPSA) is 112 Å². The Bertz CT molecular complexity index is 1100. The molecule has 2 aromatic carbocycles. The van der Waals surface area contributed by atoms with Crippen LogP contribution < -0.4 is 21.7 Å². The maximum Gasteiger partial charge on any atom is 0.316 e. The molecule has 1 aromatic heterocycles. The molecular formula is C21H19N5O2. The summed E-state index contributed by atoms with van der Waals surface area (Å²) in [5, 5.41) is 8.79. The molecule has 4 rings (SSSR count). The van der Waals surface area contributed by atoms with Crippen LogP contribution in [0.2, 0.25) is 0 Å². The number of hydrogen-bond donors (Lipinski definition) is 5. The predicted molar refractivity (Wildman–Crippen MR) is 111 cm³/mol. The van der Waals surface area contributed by atoms with Crippen LogP contribution in [0.1, 0.15) is 16.8 Å². The molecule has 0 saturated heterocycles. The minimum absolute atomic E-state index is 0.134. The second-order valence-corrected chi connectivity index (χ2v) is 6.54. The maximum atomic E-state index is 12.4. The summed E-state index contributed by atoms with van der Waals surface area (Å²) in [6, 6.07) is 14.4. The van der Waals surface area contributed by atoms with E-state index in [1.807, 2.05) is 61.7 Å². The highest BCUT2D eigenvalue weighted by atomic mass is 16.2. The zero-order valence-electron chi connectivity index (χ0n) is 15.2. The lowest BCUT2D eigenvalue weighted by molar-refractivity contribution is -0.110. The maximum absolute atomic E-state index is 12.4. The molecular weight excluding hydrogens is 354 g/mol. The smallest absolute Gasteiger partial charge is 0.316 e. The Balaban J connectivity index is 1.62. The molecule has 0 atom stereocenters. The molecule has 0 unspecified atom stereocenters. The number of urea groups is 1. The first-order valence-electron chi connectivity index (χ1n) is 8.74. The number of hydrogen-bond acceptors (Lipinski definition) is 3. The van der Waals surface area contributed by atoms with Gasteiger partial charge in [-0.05, 0) is 55.0 Å². The first-order valence-corrected chi connectivity index (χ1v) is 8.74. The van der Waals surface area contributed by atoms with Gasteiger partial charge in [0.25, 0.3) is 5.91 Å². The van der Waals surface area contributed by atoms with E-state index in [0.29, 0.717) is 11.3 Å². The van der Waals surface area contributed by atoms with Gasteiger partial charge >= 0.3 is 6.03 Å². The third-order valence-electron chi connectivity index (χ3n) is 4.51. The summed E-state index contributed by atoms with van der Waals surface area (Å²) in [5.41, 5.74) is 11.5. The van der Waals surface area contributed by atoms with E-state index >= 15 is 0 Å². The van der Waals surface area contributed by atoms with Crippen molar-refractivity contribution in [2.45, 2.75) is 6.92 Å². The van der Waals surface area contributed by atoms with E-state index in [2.05, 4.69) is 20.9 Å². The van der Waals surface area contributed by atoms with Gasteiger partial charge in [0.1, 0.15) is 0 Å². The van der Waals surface area contributed by atoms with Crippen molar-refractivity contribution in [3.8, 4) is 0 Å². The predicted octanol–water partition coefficient (Wildman–Crippen LogP) is 4.05. The largest absolute Gasteiger partial charge is 0.362 e. The van der Waals surface area contributed by atoms with Gasteiger partial charge in [-0.3, -0.25) is 4.79 Å². The highest BCUT2D eigenvalue weighted by Gasteiger charge is 2.24. The minimum atomic E-state index is -0.614.